The van der Waals surface area contributed by atoms with Crippen LogP contribution in [0.5, 0.6) is 0 Å². The number of carbonyl (C=O) groups excluding carboxylic acids is 2. The molecular weight excluding hydrogens is 338 g/mol. The van der Waals surface area contributed by atoms with Crippen molar-refractivity contribution in [3.63, 3.8) is 0 Å². The second-order valence-electron chi connectivity index (χ2n) is 4.96. The summed E-state index contributed by atoms with van der Waals surface area (Å²) in [6, 6.07) is 17.9. The molecule has 3 rings (SSSR count). The minimum absolute atomic E-state index is 0.0427. The highest BCUT2D eigenvalue weighted by Gasteiger charge is 2.10. The maximum absolute atomic E-state index is 11.8. The van der Waals surface area contributed by atoms with Crippen molar-refractivity contribution in [2.75, 3.05) is 11.1 Å². The second kappa shape index (κ2) is 8.11. The molecule has 8 heteroatoms. The number of imide groups is 1. The average molecular weight is 353 g/mol. The van der Waals surface area contributed by atoms with E-state index in [2.05, 4.69) is 20.7 Å². The molecule has 0 aliphatic rings. The van der Waals surface area contributed by atoms with Crippen LogP contribution in [0.3, 0.4) is 0 Å². The average Bonchev–Trinajstić information content (AvgIpc) is 3.10. The van der Waals surface area contributed by atoms with Crippen molar-refractivity contribution in [2.45, 2.75) is 5.16 Å². The Kier molecular flexibility index (Phi) is 5.43. The van der Waals surface area contributed by atoms with E-state index in [1.54, 1.807) is 35.3 Å². The fourth-order valence-electron chi connectivity index (χ4n) is 2.00. The molecule has 7 nitrogen and oxygen atoms in total. The first kappa shape index (κ1) is 16.7. The lowest BCUT2D eigenvalue weighted by atomic mass is 10.3. The van der Waals surface area contributed by atoms with Crippen LogP contribution in [0.15, 0.2) is 72.1 Å². The predicted molar refractivity (Wildman–Crippen MR) is 95.7 cm³/mol. The summed E-state index contributed by atoms with van der Waals surface area (Å²) in [5, 5.41) is 9.59. The minimum atomic E-state index is -0.570. The van der Waals surface area contributed by atoms with Crippen molar-refractivity contribution in [1.82, 2.24) is 20.1 Å². The number of hydrogen-bond donors (Lipinski definition) is 2. The van der Waals surface area contributed by atoms with E-state index in [0.717, 1.165) is 17.4 Å². The normalized spacial score (nSPS) is 10.2. The predicted octanol–water partition coefficient (Wildman–Crippen LogP) is 2.71. The number of nitrogens with zero attached hydrogens (tertiary/aromatic N) is 3. The first-order valence-corrected chi connectivity index (χ1v) is 8.45. The molecule has 0 saturated heterocycles. The van der Waals surface area contributed by atoms with Crippen LogP contribution in [0.25, 0.3) is 5.69 Å². The number of rotatable bonds is 5. The Bertz CT molecular complexity index is 852. The highest BCUT2D eigenvalue weighted by Crippen LogP contribution is 2.13. The van der Waals surface area contributed by atoms with Crippen molar-refractivity contribution in [3.05, 3.63) is 67.0 Å². The Labute approximate surface area is 148 Å². The summed E-state index contributed by atoms with van der Waals surface area (Å²) in [6.45, 7) is 0. The number of aromatic nitrogens is 3. The quantitative estimate of drug-likeness (QED) is 0.689. The van der Waals surface area contributed by atoms with Crippen LogP contribution in [-0.4, -0.2) is 32.5 Å². The molecule has 0 saturated carbocycles. The van der Waals surface area contributed by atoms with Crippen molar-refractivity contribution in [1.29, 1.82) is 0 Å². The molecule has 2 aromatic carbocycles. The third kappa shape index (κ3) is 4.92. The third-order valence-corrected chi connectivity index (χ3v) is 3.96. The Hall–Kier alpha value is -3.13. The summed E-state index contributed by atoms with van der Waals surface area (Å²) in [4.78, 5) is 27.7. The number of nitrogens with one attached hydrogen (secondary N) is 2. The lowest BCUT2D eigenvalue weighted by Gasteiger charge is -2.05. The van der Waals surface area contributed by atoms with Crippen LogP contribution in [0, 0.1) is 0 Å². The molecule has 0 fully saturated rings. The zero-order valence-electron chi connectivity index (χ0n) is 13.1. The van der Waals surface area contributed by atoms with Crippen LogP contribution in [0.1, 0.15) is 0 Å². The highest BCUT2D eigenvalue weighted by molar-refractivity contribution is 7.99. The Morgan fingerprint density at radius 2 is 1.68 bits per heavy atom. The number of hydrogen-bond acceptors (Lipinski definition) is 5. The van der Waals surface area contributed by atoms with E-state index in [4.69, 9.17) is 0 Å². The molecular formula is C17H15N5O2S. The summed E-state index contributed by atoms with van der Waals surface area (Å²) in [5.41, 5.74) is 1.50. The second-order valence-corrected chi connectivity index (χ2v) is 5.91. The molecule has 0 atom stereocenters. The number of anilines is 1. The highest BCUT2D eigenvalue weighted by atomic mass is 32.2. The van der Waals surface area contributed by atoms with Crippen molar-refractivity contribution in [3.8, 4) is 5.69 Å². The topological polar surface area (TPSA) is 88.9 Å². The van der Waals surface area contributed by atoms with E-state index in [1.807, 2.05) is 36.4 Å². The summed E-state index contributed by atoms with van der Waals surface area (Å²) < 4.78 is 1.63. The molecule has 0 aliphatic carbocycles. The van der Waals surface area contributed by atoms with Gasteiger partial charge in [-0.25, -0.2) is 14.5 Å². The molecule has 0 unspecified atom stereocenters. The van der Waals surface area contributed by atoms with E-state index in [9.17, 15) is 9.59 Å². The van der Waals surface area contributed by atoms with E-state index in [0.29, 0.717) is 10.8 Å². The van der Waals surface area contributed by atoms with E-state index in [1.165, 1.54) is 0 Å². The van der Waals surface area contributed by atoms with Crippen molar-refractivity contribution in [2.24, 2.45) is 0 Å². The first-order valence-electron chi connectivity index (χ1n) is 7.46. The number of thioether (sulfide) groups is 1. The summed E-state index contributed by atoms with van der Waals surface area (Å²) in [6.07, 6.45) is 1.58. The van der Waals surface area contributed by atoms with E-state index >= 15 is 0 Å². The van der Waals surface area contributed by atoms with Gasteiger partial charge in [-0.3, -0.25) is 10.1 Å². The zero-order valence-corrected chi connectivity index (χ0v) is 13.9. The number of para-hydroxylation sites is 2. The third-order valence-electron chi connectivity index (χ3n) is 3.11. The maximum Gasteiger partial charge on any atom is 0.325 e. The van der Waals surface area contributed by atoms with Crippen LogP contribution >= 0.6 is 11.8 Å². The number of urea groups is 1. The molecule has 0 spiro atoms. The molecule has 3 aromatic rings. The lowest BCUT2D eigenvalue weighted by Crippen LogP contribution is -2.35. The van der Waals surface area contributed by atoms with E-state index < -0.39 is 11.9 Å². The lowest BCUT2D eigenvalue weighted by molar-refractivity contribution is -0.117. The number of amides is 3. The van der Waals surface area contributed by atoms with Gasteiger partial charge in [0.05, 0.1) is 11.4 Å². The fraction of sp³-hybridized carbons (Fsp3) is 0.0588. The molecule has 3 amide bonds. The maximum atomic E-state index is 11.8. The molecule has 1 aromatic heterocycles. The van der Waals surface area contributed by atoms with Gasteiger partial charge in [-0.2, -0.15) is 0 Å². The largest absolute Gasteiger partial charge is 0.325 e. The zero-order chi connectivity index (χ0) is 17.5. The molecule has 0 bridgehead atoms. The summed E-state index contributed by atoms with van der Waals surface area (Å²) in [5.74, 6) is -0.379. The smallest absolute Gasteiger partial charge is 0.308 e. The van der Waals surface area contributed by atoms with Gasteiger partial charge in [-0.05, 0) is 24.3 Å². The van der Waals surface area contributed by atoms with Crippen molar-refractivity contribution >= 4 is 29.4 Å². The SMILES string of the molecule is O=C(CSc1ncn(-c2ccccc2)n1)NC(=O)Nc1ccccc1. The summed E-state index contributed by atoms with van der Waals surface area (Å²) >= 11 is 1.16. The van der Waals surface area contributed by atoms with Crippen molar-refractivity contribution < 1.29 is 9.59 Å². The Balaban J connectivity index is 1.48. The van der Waals surface area contributed by atoms with Crippen LogP contribution in [0.2, 0.25) is 0 Å². The summed E-state index contributed by atoms with van der Waals surface area (Å²) in [7, 11) is 0. The molecule has 0 aliphatic heterocycles. The Morgan fingerprint density at radius 3 is 2.40 bits per heavy atom. The van der Waals surface area contributed by atoms with Gasteiger partial charge in [-0.1, -0.05) is 48.2 Å². The van der Waals surface area contributed by atoms with Gasteiger partial charge in [0.2, 0.25) is 11.1 Å². The Morgan fingerprint density at radius 1 is 1.00 bits per heavy atom. The molecule has 25 heavy (non-hydrogen) atoms. The minimum Gasteiger partial charge on any atom is -0.308 e. The number of carbonyl (C=O) groups is 2. The monoisotopic (exact) mass is 353 g/mol. The van der Waals surface area contributed by atoms with Gasteiger partial charge in [0.15, 0.2) is 0 Å². The molecule has 2 N–H and O–H groups in total. The number of benzene rings is 2. The molecule has 0 radical (unpaired) electrons. The van der Waals surface area contributed by atoms with E-state index in [-0.39, 0.29) is 5.75 Å². The van der Waals surface area contributed by atoms with Gasteiger partial charge < -0.3 is 5.32 Å². The van der Waals surface area contributed by atoms with Gasteiger partial charge in [0.25, 0.3) is 0 Å². The molecule has 1 heterocycles. The van der Waals surface area contributed by atoms with Gasteiger partial charge in [0.1, 0.15) is 6.33 Å². The van der Waals surface area contributed by atoms with Gasteiger partial charge in [0, 0.05) is 5.69 Å². The van der Waals surface area contributed by atoms with Gasteiger partial charge in [-0.15, -0.1) is 5.10 Å². The van der Waals surface area contributed by atoms with Crippen LogP contribution in [-0.2, 0) is 4.79 Å². The molecule has 126 valence electrons. The van der Waals surface area contributed by atoms with Crippen LogP contribution in [0.4, 0.5) is 10.5 Å². The standard InChI is InChI=1S/C17H15N5O2S/c23-15(20-16(24)19-13-7-3-1-4-8-13)11-25-17-18-12-22(21-17)14-9-5-2-6-10-14/h1-10,12H,11H2,(H2,19,20,23,24). The van der Waals surface area contributed by atoms with Crippen LogP contribution < -0.4 is 10.6 Å². The first-order chi connectivity index (χ1) is 12.2. The van der Waals surface area contributed by atoms with Gasteiger partial charge >= 0.3 is 6.03 Å². The fourth-order valence-corrected chi connectivity index (χ4v) is 2.60.